The summed E-state index contributed by atoms with van der Waals surface area (Å²) < 4.78 is 10.3. The van der Waals surface area contributed by atoms with Crippen LogP contribution in [0.25, 0.3) is 11.0 Å². The van der Waals surface area contributed by atoms with E-state index in [9.17, 15) is 9.59 Å². The van der Waals surface area contributed by atoms with Gasteiger partial charge in [0.15, 0.2) is 5.58 Å². The molecule has 6 heteroatoms. The Morgan fingerprint density at radius 3 is 3.05 bits per heavy atom. The molecule has 2 heterocycles. The topological polar surface area (TPSA) is 72.6 Å². The van der Waals surface area contributed by atoms with Crippen LogP contribution in [0.2, 0.25) is 0 Å². The standard InChI is InChI=1S/C16H18N2O4/c1-2-21-16(20)13-7-5-9-18(13)15(19)10-12-11-6-3-4-8-14(11)22-17-12/h3-4,6,8,13H,2,5,7,9-10H2,1H3/t13-/m1/s1. The third kappa shape index (κ3) is 2.68. The van der Waals surface area contributed by atoms with Crippen molar-refractivity contribution in [3.63, 3.8) is 0 Å². The van der Waals surface area contributed by atoms with Gasteiger partial charge in [-0.25, -0.2) is 4.79 Å². The number of nitrogens with zero attached hydrogens (tertiary/aromatic N) is 2. The zero-order chi connectivity index (χ0) is 15.5. The van der Waals surface area contributed by atoms with Crippen LogP contribution in [0.5, 0.6) is 0 Å². The van der Waals surface area contributed by atoms with Crippen molar-refractivity contribution in [2.45, 2.75) is 32.2 Å². The number of rotatable bonds is 4. The molecule has 1 amide bonds. The van der Waals surface area contributed by atoms with Crippen LogP contribution >= 0.6 is 0 Å². The van der Waals surface area contributed by atoms with E-state index in [0.717, 1.165) is 11.8 Å². The van der Waals surface area contributed by atoms with E-state index in [1.807, 2.05) is 24.3 Å². The number of hydrogen-bond donors (Lipinski definition) is 0. The summed E-state index contributed by atoms with van der Waals surface area (Å²) in [5, 5.41) is 4.81. The van der Waals surface area contributed by atoms with Crippen molar-refractivity contribution in [3.8, 4) is 0 Å². The summed E-state index contributed by atoms with van der Waals surface area (Å²) in [6, 6.07) is 6.96. The molecule has 0 saturated carbocycles. The monoisotopic (exact) mass is 302 g/mol. The third-order valence-electron chi connectivity index (χ3n) is 3.90. The number of ether oxygens (including phenoxy) is 1. The van der Waals surface area contributed by atoms with Gasteiger partial charge < -0.3 is 14.2 Å². The molecule has 0 spiro atoms. The van der Waals surface area contributed by atoms with E-state index in [2.05, 4.69) is 5.16 Å². The Morgan fingerprint density at radius 2 is 2.23 bits per heavy atom. The number of carbonyl (C=O) groups is 2. The van der Waals surface area contributed by atoms with E-state index in [0.29, 0.717) is 30.8 Å². The maximum Gasteiger partial charge on any atom is 0.328 e. The molecule has 0 bridgehead atoms. The van der Waals surface area contributed by atoms with Gasteiger partial charge in [-0.1, -0.05) is 17.3 Å². The van der Waals surface area contributed by atoms with Crippen LogP contribution < -0.4 is 0 Å². The number of para-hydroxylation sites is 1. The molecule has 116 valence electrons. The van der Waals surface area contributed by atoms with Gasteiger partial charge in [0.05, 0.1) is 13.0 Å². The fraction of sp³-hybridized carbons (Fsp3) is 0.438. The van der Waals surface area contributed by atoms with Crippen LogP contribution in [0.1, 0.15) is 25.5 Å². The molecule has 6 nitrogen and oxygen atoms in total. The van der Waals surface area contributed by atoms with Gasteiger partial charge in [0.2, 0.25) is 5.91 Å². The minimum Gasteiger partial charge on any atom is -0.464 e. The number of carbonyl (C=O) groups excluding carboxylic acids is 2. The number of amides is 1. The van der Waals surface area contributed by atoms with E-state index in [1.165, 1.54) is 0 Å². The van der Waals surface area contributed by atoms with Gasteiger partial charge in [-0.3, -0.25) is 4.79 Å². The lowest BCUT2D eigenvalue weighted by molar-refractivity contribution is -0.152. The minimum absolute atomic E-state index is 0.116. The van der Waals surface area contributed by atoms with Crippen molar-refractivity contribution >= 4 is 22.8 Å². The Kier molecular flexibility index (Phi) is 4.09. The maximum absolute atomic E-state index is 12.5. The molecule has 0 aliphatic carbocycles. The first-order chi connectivity index (χ1) is 10.7. The minimum atomic E-state index is -0.467. The summed E-state index contributed by atoms with van der Waals surface area (Å²) in [7, 11) is 0. The van der Waals surface area contributed by atoms with Crippen molar-refractivity contribution < 1.29 is 18.8 Å². The molecule has 1 saturated heterocycles. The second kappa shape index (κ2) is 6.17. The largest absolute Gasteiger partial charge is 0.464 e. The molecule has 3 rings (SSSR count). The van der Waals surface area contributed by atoms with Crippen molar-refractivity contribution in [1.82, 2.24) is 10.1 Å². The Morgan fingerprint density at radius 1 is 1.41 bits per heavy atom. The highest BCUT2D eigenvalue weighted by Crippen LogP contribution is 2.22. The third-order valence-corrected chi connectivity index (χ3v) is 3.90. The van der Waals surface area contributed by atoms with E-state index in [4.69, 9.17) is 9.26 Å². The van der Waals surface area contributed by atoms with Gasteiger partial charge >= 0.3 is 5.97 Å². The summed E-state index contributed by atoms with van der Waals surface area (Å²) >= 11 is 0. The Hall–Kier alpha value is -2.37. The van der Waals surface area contributed by atoms with Gasteiger partial charge in [0, 0.05) is 11.9 Å². The SMILES string of the molecule is CCOC(=O)[C@H]1CCCN1C(=O)Cc1noc2ccccc12. The smallest absolute Gasteiger partial charge is 0.328 e. The van der Waals surface area contributed by atoms with Gasteiger partial charge in [0.1, 0.15) is 11.7 Å². The van der Waals surface area contributed by atoms with Gasteiger partial charge in [0.25, 0.3) is 0 Å². The lowest BCUT2D eigenvalue weighted by Gasteiger charge is -2.22. The van der Waals surface area contributed by atoms with Crippen LogP contribution in [-0.2, 0) is 20.7 Å². The molecule has 1 aromatic heterocycles. The summed E-state index contributed by atoms with van der Waals surface area (Å²) in [5.41, 5.74) is 1.27. The number of aromatic nitrogens is 1. The predicted molar refractivity (Wildman–Crippen MR) is 79.1 cm³/mol. The molecule has 22 heavy (non-hydrogen) atoms. The number of hydrogen-bond acceptors (Lipinski definition) is 5. The molecule has 1 aliphatic rings. The lowest BCUT2D eigenvalue weighted by Crippen LogP contribution is -2.42. The van der Waals surface area contributed by atoms with Crippen LogP contribution in [0, 0.1) is 0 Å². The first-order valence-electron chi connectivity index (χ1n) is 7.50. The van der Waals surface area contributed by atoms with Crippen LogP contribution in [0.4, 0.5) is 0 Å². The number of esters is 1. The van der Waals surface area contributed by atoms with Crippen LogP contribution in [0.15, 0.2) is 28.8 Å². The summed E-state index contributed by atoms with van der Waals surface area (Å²) in [4.78, 5) is 26.0. The first kappa shape index (κ1) is 14.6. The molecule has 1 aliphatic heterocycles. The Labute approximate surface area is 128 Å². The highest BCUT2D eigenvalue weighted by atomic mass is 16.5. The normalized spacial score (nSPS) is 17.9. The van der Waals surface area contributed by atoms with Gasteiger partial charge in [-0.05, 0) is 31.9 Å². The summed E-state index contributed by atoms with van der Waals surface area (Å²) in [5.74, 6) is -0.437. The fourth-order valence-corrected chi connectivity index (χ4v) is 2.86. The molecular weight excluding hydrogens is 284 g/mol. The molecular formula is C16H18N2O4. The fourth-order valence-electron chi connectivity index (χ4n) is 2.86. The maximum atomic E-state index is 12.5. The quantitative estimate of drug-likeness (QED) is 0.807. The Balaban J connectivity index is 1.75. The zero-order valence-corrected chi connectivity index (χ0v) is 12.4. The van der Waals surface area contributed by atoms with E-state index < -0.39 is 6.04 Å². The molecule has 1 aromatic carbocycles. The Bertz CT molecular complexity index is 694. The average molecular weight is 302 g/mol. The van der Waals surface area contributed by atoms with E-state index >= 15 is 0 Å². The molecule has 1 atom stereocenters. The van der Waals surface area contributed by atoms with E-state index in [1.54, 1.807) is 11.8 Å². The van der Waals surface area contributed by atoms with Gasteiger partial charge in [-0.15, -0.1) is 0 Å². The van der Waals surface area contributed by atoms with Gasteiger partial charge in [-0.2, -0.15) is 0 Å². The van der Waals surface area contributed by atoms with Crippen LogP contribution in [0.3, 0.4) is 0 Å². The van der Waals surface area contributed by atoms with Crippen molar-refractivity contribution in [2.24, 2.45) is 0 Å². The molecule has 0 unspecified atom stereocenters. The molecule has 1 fully saturated rings. The van der Waals surface area contributed by atoms with Crippen molar-refractivity contribution in [1.29, 1.82) is 0 Å². The predicted octanol–water partition coefficient (Wildman–Crippen LogP) is 1.92. The lowest BCUT2D eigenvalue weighted by atomic mass is 10.1. The molecule has 2 aromatic rings. The second-order valence-electron chi connectivity index (χ2n) is 5.30. The van der Waals surface area contributed by atoms with Crippen LogP contribution in [-0.4, -0.2) is 41.1 Å². The average Bonchev–Trinajstić information content (AvgIpc) is 3.15. The number of likely N-dealkylation sites (tertiary alicyclic amines) is 1. The first-order valence-corrected chi connectivity index (χ1v) is 7.50. The highest BCUT2D eigenvalue weighted by molar-refractivity contribution is 5.89. The zero-order valence-electron chi connectivity index (χ0n) is 12.4. The summed E-state index contributed by atoms with van der Waals surface area (Å²) in [6.45, 7) is 2.67. The highest BCUT2D eigenvalue weighted by Gasteiger charge is 2.35. The number of fused-ring (bicyclic) bond motifs is 1. The summed E-state index contributed by atoms with van der Waals surface area (Å²) in [6.07, 6.45) is 1.60. The van der Waals surface area contributed by atoms with Crippen molar-refractivity contribution in [3.05, 3.63) is 30.0 Å². The van der Waals surface area contributed by atoms with Crippen molar-refractivity contribution in [2.75, 3.05) is 13.2 Å². The van der Waals surface area contributed by atoms with E-state index in [-0.39, 0.29) is 18.3 Å². The molecule has 0 N–H and O–H groups in total. The molecule has 0 radical (unpaired) electrons. The number of benzene rings is 1. The second-order valence-corrected chi connectivity index (χ2v) is 5.30.